The van der Waals surface area contributed by atoms with Crippen LogP contribution in [0.1, 0.15) is 23.6 Å². The van der Waals surface area contributed by atoms with Crippen molar-refractivity contribution in [3.63, 3.8) is 0 Å². The van der Waals surface area contributed by atoms with Crippen molar-refractivity contribution in [3.8, 4) is 5.75 Å². The van der Waals surface area contributed by atoms with Crippen LogP contribution in [0.4, 0.5) is 4.79 Å². The zero-order valence-electron chi connectivity index (χ0n) is 22.4. The van der Waals surface area contributed by atoms with Crippen molar-refractivity contribution in [2.24, 2.45) is 0 Å². The number of carbonyl (C=O) groups excluding carboxylic acids is 4. The summed E-state index contributed by atoms with van der Waals surface area (Å²) < 4.78 is 15.6. The number of hydrogen-bond donors (Lipinski definition) is 3. The zero-order valence-corrected chi connectivity index (χ0v) is 22.4. The van der Waals surface area contributed by atoms with Gasteiger partial charge < -0.3 is 30.2 Å². The van der Waals surface area contributed by atoms with Crippen molar-refractivity contribution in [1.82, 2.24) is 16.0 Å². The molecule has 0 aliphatic rings. The molecule has 3 aromatic rings. The first-order chi connectivity index (χ1) is 19.3. The van der Waals surface area contributed by atoms with Gasteiger partial charge in [-0.3, -0.25) is 9.59 Å². The Hall–Kier alpha value is -4.86. The molecule has 0 aromatic heterocycles. The maximum absolute atomic E-state index is 12.9. The van der Waals surface area contributed by atoms with Crippen LogP contribution in [0.25, 0.3) is 0 Å². The van der Waals surface area contributed by atoms with E-state index in [-0.39, 0.29) is 19.6 Å². The summed E-state index contributed by atoms with van der Waals surface area (Å²) in [6.45, 7) is 1.16. The highest BCUT2D eigenvalue weighted by Crippen LogP contribution is 2.12. The number of ether oxygens (including phenoxy) is 3. The van der Waals surface area contributed by atoms with E-state index in [0.717, 1.165) is 16.7 Å². The van der Waals surface area contributed by atoms with E-state index in [4.69, 9.17) is 14.2 Å². The van der Waals surface area contributed by atoms with Gasteiger partial charge in [0.05, 0.1) is 7.11 Å². The van der Waals surface area contributed by atoms with Crippen molar-refractivity contribution >= 4 is 23.9 Å². The molecule has 3 rings (SSSR count). The summed E-state index contributed by atoms with van der Waals surface area (Å²) in [5.41, 5.74) is 2.40. The van der Waals surface area contributed by atoms with Crippen LogP contribution in [0.15, 0.2) is 84.9 Å². The van der Waals surface area contributed by atoms with Gasteiger partial charge in [-0.05, 0) is 35.7 Å². The van der Waals surface area contributed by atoms with Crippen molar-refractivity contribution in [3.05, 3.63) is 102 Å². The SMILES string of the molecule is COc1ccc(COC(=O)NCC(=O)N[C@H](C)C(=O)NC(Cc2ccccc2)C(=O)OCc2ccccc2)cc1. The zero-order chi connectivity index (χ0) is 28.7. The third-order valence-corrected chi connectivity index (χ3v) is 5.80. The molecule has 0 spiro atoms. The van der Waals surface area contributed by atoms with Gasteiger partial charge in [0.2, 0.25) is 11.8 Å². The quantitative estimate of drug-likeness (QED) is 0.280. The molecule has 3 N–H and O–H groups in total. The normalized spacial score (nSPS) is 11.8. The lowest BCUT2D eigenvalue weighted by Gasteiger charge is -2.21. The van der Waals surface area contributed by atoms with Crippen LogP contribution in [0.2, 0.25) is 0 Å². The summed E-state index contributed by atoms with van der Waals surface area (Å²) >= 11 is 0. The molecule has 0 saturated heterocycles. The number of alkyl carbamates (subject to hydrolysis) is 1. The van der Waals surface area contributed by atoms with Gasteiger partial charge in [-0.25, -0.2) is 9.59 Å². The second-order valence-corrected chi connectivity index (χ2v) is 8.91. The Morgan fingerprint density at radius 2 is 1.30 bits per heavy atom. The van der Waals surface area contributed by atoms with Gasteiger partial charge in [0.15, 0.2) is 0 Å². The Labute approximate surface area is 233 Å². The van der Waals surface area contributed by atoms with E-state index in [1.54, 1.807) is 31.4 Å². The Morgan fingerprint density at radius 3 is 1.93 bits per heavy atom. The highest BCUT2D eigenvalue weighted by Gasteiger charge is 2.26. The lowest BCUT2D eigenvalue weighted by atomic mass is 10.1. The fourth-order valence-electron chi connectivity index (χ4n) is 3.60. The molecule has 210 valence electrons. The maximum Gasteiger partial charge on any atom is 0.407 e. The van der Waals surface area contributed by atoms with E-state index < -0.39 is 42.5 Å². The molecule has 0 aliphatic heterocycles. The molecule has 0 saturated carbocycles. The molecule has 0 radical (unpaired) electrons. The number of methoxy groups -OCH3 is 1. The van der Waals surface area contributed by atoms with Gasteiger partial charge in [-0.15, -0.1) is 0 Å². The van der Waals surface area contributed by atoms with E-state index in [1.165, 1.54) is 6.92 Å². The third kappa shape index (κ3) is 10.1. The summed E-state index contributed by atoms with van der Waals surface area (Å²) in [6, 6.07) is 23.4. The van der Waals surface area contributed by atoms with Crippen LogP contribution in [0.3, 0.4) is 0 Å². The molecule has 40 heavy (non-hydrogen) atoms. The molecular weight excluding hydrogens is 514 g/mol. The van der Waals surface area contributed by atoms with E-state index in [9.17, 15) is 19.2 Å². The van der Waals surface area contributed by atoms with Crippen molar-refractivity contribution in [1.29, 1.82) is 0 Å². The molecule has 1 unspecified atom stereocenters. The first-order valence-electron chi connectivity index (χ1n) is 12.7. The molecule has 3 aromatic carbocycles. The summed E-state index contributed by atoms with van der Waals surface area (Å²) in [7, 11) is 1.55. The first kappa shape index (κ1) is 29.7. The number of nitrogens with one attached hydrogen (secondary N) is 3. The maximum atomic E-state index is 12.9. The van der Waals surface area contributed by atoms with E-state index in [2.05, 4.69) is 16.0 Å². The largest absolute Gasteiger partial charge is 0.497 e. The lowest BCUT2D eigenvalue weighted by Crippen LogP contribution is -2.52. The van der Waals surface area contributed by atoms with Crippen LogP contribution < -0.4 is 20.7 Å². The average Bonchev–Trinajstić information content (AvgIpc) is 2.98. The van der Waals surface area contributed by atoms with E-state index >= 15 is 0 Å². The van der Waals surface area contributed by atoms with Crippen molar-refractivity contribution in [2.45, 2.75) is 38.6 Å². The number of carbonyl (C=O) groups is 4. The molecule has 0 fully saturated rings. The van der Waals surface area contributed by atoms with Crippen molar-refractivity contribution < 1.29 is 33.4 Å². The molecule has 3 amide bonds. The Morgan fingerprint density at radius 1 is 0.725 bits per heavy atom. The third-order valence-electron chi connectivity index (χ3n) is 5.80. The Balaban J connectivity index is 1.47. The van der Waals surface area contributed by atoms with Crippen LogP contribution in [0, 0.1) is 0 Å². The molecule has 0 bridgehead atoms. The second-order valence-electron chi connectivity index (χ2n) is 8.91. The summed E-state index contributed by atoms with van der Waals surface area (Å²) in [4.78, 5) is 50.0. The lowest BCUT2D eigenvalue weighted by molar-refractivity contribution is -0.149. The number of rotatable bonds is 13. The van der Waals surface area contributed by atoms with Gasteiger partial charge in [0.25, 0.3) is 0 Å². The van der Waals surface area contributed by atoms with Gasteiger partial charge >= 0.3 is 12.1 Å². The minimum Gasteiger partial charge on any atom is -0.497 e. The smallest absolute Gasteiger partial charge is 0.407 e. The standard InChI is InChI=1S/C30H33N3O7/c1-21(32-27(34)18-31-30(37)40-20-24-13-15-25(38-2)16-14-24)28(35)33-26(17-22-9-5-3-6-10-22)29(36)39-19-23-11-7-4-8-12-23/h3-16,21,26H,17-20H2,1-2H3,(H,31,37)(H,32,34)(H,33,35)/t21-,26?/m1/s1. The van der Waals surface area contributed by atoms with Gasteiger partial charge in [-0.1, -0.05) is 72.8 Å². The average molecular weight is 548 g/mol. The molecule has 0 heterocycles. The number of hydrogen-bond acceptors (Lipinski definition) is 7. The highest BCUT2D eigenvalue weighted by molar-refractivity contribution is 5.91. The molecule has 10 nitrogen and oxygen atoms in total. The van der Waals surface area contributed by atoms with Crippen molar-refractivity contribution in [2.75, 3.05) is 13.7 Å². The summed E-state index contributed by atoms with van der Waals surface area (Å²) in [5.74, 6) is -1.09. The monoisotopic (exact) mass is 547 g/mol. The molecular formula is C30H33N3O7. The van der Waals surface area contributed by atoms with Gasteiger partial charge in [-0.2, -0.15) is 0 Å². The Kier molecular flexibility index (Phi) is 11.5. The van der Waals surface area contributed by atoms with Crippen LogP contribution in [-0.4, -0.2) is 49.6 Å². The van der Waals surface area contributed by atoms with E-state index in [1.807, 2.05) is 60.7 Å². The molecule has 0 aliphatic carbocycles. The summed E-state index contributed by atoms with van der Waals surface area (Å²) in [6.07, 6.45) is -0.574. The minimum atomic E-state index is -0.982. The van der Waals surface area contributed by atoms with Gasteiger partial charge in [0.1, 0.15) is 37.6 Å². The fraction of sp³-hybridized carbons (Fsp3) is 0.267. The number of amides is 3. The first-order valence-corrected chi connectivity index (χ1v) is 12.7. The predicted octanol–water partition coefficient (Wildman–Crippen LogP) is 2.90. The second kappa shape index (κ2) is 15.5. The fourth-order valence-corrected chi connectivity index (χ4v) is 3.60. The highest BCUT2D eigenvalue weighted by atomic mass is 16.5. The molecule has 10 heteroatoms. The number of esters is 1. The summed E-state index contributed by atoms with van der Waals surface area (Å²) in [5, 5.41) is 7.51. The topological polar surface area (TPSA) is 132 Å². The predicted molar refractivity (Wildman–Crippen MR) is 147 cm³/mol. The molecule has 2 atom stereocenters. The van der Waals surface area contributed by atoms with Crippen LogP contribution in [0.5, 0.6) is 5.75 Å². The van der Waals surface area contributed by atoms with Gasteiger partial charge in [0, 0.05) is 6.42 Å². The Bertz CT molecular complexity index is 1250. The van der Waals surface area contributed by atoms with E-state index in [0.29, 0.717) is 5.75 Å². The minimum absolute atomic E-state index is 0.0133. The number of benzene rings is 3. The van der Waals surface area contributed by atoms with Crippen LogP contribution in [-0.2, 0) is 43.5 Å². The van der Waals surface area contributed by atoms with Crippen LogP contribution >= 0.6 is 0 Å².